The standard InChI is InChI=1S/C17H18ClNO2/c1-20-16-7-3-5-14-11-19(12-21-17(14)16)9-8-13-4-2-6-15(18)10-13/h2-7,10H,8-9,11-12H2,1H3. The number of methoxy groups -OCH3 is 1. The van der Waals surface area contributed by atoms with Crippen molar-refractivity contribution in [3.63, 3.8) is 0 Å². The van der Waals surface area contributed by atoms with Crippen LogP contribution in [-0.4, -0.2) is 25.3 Å². The zero-order valence-electron chi connectivity index (χ0n) is 12.0. The molecule has 110 valence electrons. The lowest BCUT2D eigenvalue weighted by molar-refractivity contribution is 0.0930. The Kier molecular flexibility index (Phi) is 4.32. The number of para-hydroxylation sites is 1. The molecule has 1 aliphatic rings. The molecule has 0 fully saturated rings. The molecule has 0 saturated heterocycles. The molecular weight excluding hydrogens is 286 g/mol. The largest absolute Gasteiger partial charge is 0.493 e. The topological polar surface area (TPSA) is 21.7 Å². The molecule has 1 heterocycles. The quantitative estimate of drug-likeness (QED) is 0.859. The second-order valence-corrected chi connectivity index (χ2v) is 5.59. The Hall–Kier alpha value is -1.71. The molecule has 0 aliphatic carbocycles. The first-order valence-electron chi connectivity index (χ1n) is 7.02. The minimum absolute atomic E-state index is 0.591. The molecule has 2 aromatic rings. The van der Waals surface area contributed by atoms with Crippen LogP contribution < -0.4 is 9.47 Å². The van der Waals surface area contributed by atoms with Crippen molar-refractivity contribution in [2.45, 2.75) is 13.0 Å². The van der Waals surface area contributed by atoms with Gasteiger partial charge in [-0.15, -0.1) is 0 Å². The van der Waals surface area contributed by atoms with E-state index in [0.717, 1.165) is 36.0 Å². The number of benzene rings is 2. The van der Waals surface area contributed by atoms with Gasteiger partial charge in [-0.2, -0.15) is 0 Å². The molecule has 0 unspecified atom stereocenters. The Morgan fingerprint density at radius 1 is 1.24 bits per heavy atom. The monoisotopic (exact) mass is 303 g/mol. The average molecular weight is 304 g/mol. The molecule has 0 N–H and O–H groups in total. The van der Waals surface area contributed by atoms with Crippen LogP contribution in [0.15, 0.2) is 42.5 Å². The van der Waals surface area contributed by atoms with Gasteiger partial charge in [0.2, 0.25) is 0 Å². The van der Waals surface area contributed by atoms with E-state index in [2.05, 4.69) is 17.0 Å². The van der Waals surface area contributed by atoms with Crippen LogP contribution in [0.1, 0.15) is 11.1 Å². The van der Waals surface area contributed by atoms with Crippen molar-refractivity contribution in [3.8, 4) is 11.5 Å². The number of ether oxygens (including phenoxy) is 2. The number of hydrogen-bond donors (Lipinski definition) is 0. The third-order valence-corrected chi connectivity index (χ3v) is 3.91. The fourth-order valence-electron chi connectivity index (χ4n) is 2.58. The van der Waals surface area contributed by atoms with Gasteiger partial charge in [0.05, 0.1) is 7.11 Å². The summed E-state index contributed by atoms with van der Waals surface area (Å²) in [5, 5.41) is 0.789. The van der Waals surface area contributed by atoms with E-state index in [1.807, 2.05) is 30.3 Å². The zero-order valence-corrected chi connectivity index (χ0v) is 12.8. The van der Waals surface area contributed by atoms with Crippen molar-refractivity contribution in [3.05, 3.63) is 58.6 Å². The van der Waals surface area contributed by atoms with Crippen molar-refractivity contribution in [2.75, 3.05) is 20.4 Å². The minimum Gasteiger partial charge on any atom is -0.493 e. The number of fused-ring (bicyclic) bond motifs is 1. The molecule has 4 heteroatoms. The summed E-state index contributed by atoms with van der Waals surface area (Å²) in [5.41, 5.74) is 2.42. The van der Waals surface area contributed by atoms with Crippen LogP contribution in [0.5, 0.6) is 11.5 Å². The fraction of sp³-hybridized carbons (Fsp3) is 0.294. The van der Waals surface area contributed by atoms with Crippen LogP contribution in [0, 0.1) is 0 Å². The van der Waals surface area contributed by atoms with E-state index >= 15 is 0 Å². The first-order valence-corrected chi connectivity index (χ1v) is 7.39. The molecule has 0 aromatic heterocycles. The van der Waals surface area contributed by atoms with Gasteiger partial charge in [0, 0.05) is 23.7 Å². The molecule has 0 spiro atoms. The molecule has 0 saturated carbocycles. The molecule has 0 radical (unpaired) electrons. The highest BCUT2D eigenvalue weighted by Crippen LogP contribution is 2.34. The van der Waals surface area contributed by atoms with Crippen LogP contribution in [-0.2, 0) is 13.0 Å². The van der Waals surface area contributed by atoms with Crippen LogP contribution in [0.4, 0.5) is 0 Å². The van der Waals surface area contributed by atoms with Gasteiger partial charge in [-0.25, -0.2) is 0 Å². The summed E-state index contributed by atoms with van der Waals surface area (Å²) in [7, 11) is 1.67. The third-order valence-electron chi connectivity index (χ3n) is 3.67. The van der Waals surface area contributed by atoms with Gasteiger partial charge in [-0.05, 0) is 30.2 Å². The molecule has 3 nitrogen and oxygen atoms in total. The molecule has 2 aromatic carbocycles. The van der Waals surface area contributed by atoms with E-state index in [1.165, 1.54) is 11.1 Å². The smallest absolute Gasteiger partial charge is 0.167 e. The van der Waals surface area contributed by atoms with Crippen LogP contribution in [0.25, 0.3) is 0 Å². The van der Waals surface area contributed by atoms with Gasteiger partial charge < -0.3 is 9.47 Å². The fourth-order valence-corrected chi connectivity index (χ4v) is 2.79. The van der Waals surface area contributed by atoms with Crippen LogP contribution >= 0.6 is 11.6 Å². The maximum Gasteiger partial charge on any atom is 0.167 e. The Balaban J connectivity index is 1.64. The zero-order chi connectivity index (χ0) is 14.7. The number of nitrogens with zero attached hydrogens (tertiary/aromatic N) is 1. The lowest BCUT2D eigenvalue weighted by Crippen LogP contribution is -2.33. The second-order valence-electron chi connectivity index (χ2n) is 5.15. The average Bonchev–Trinajstić information content (AvgIpc) is 2.52. The van der Waals surface area contributed by atoms with Gasteiger partial charge >= 0.3 is 0 Å². The van der Waals surface area contributed by atoms with Gasteiger partial charge in [-0.3, -0.25) is 4.90 Å². The highest BCUT2D eigenvalue weighted by Gasteiger charge is 2.20. The first kappa shape index (κ1) is 14.2. The lowest BCUT2D eigenvalue weighted by Gasteiger charge is -2.29. The molecule has 0 bridgehead atoms. The summed E-state index contributed by atoms with van der Waals surface area (Å²) >= 11 is 6.01. The van der Waals surface area contributed by atoms with E-state index in [4.69, 9.17) is 21.1 Å². The summed E-state index contributed by atoms with van der Waals surface area (Å²) < 4.78 is 11.2. The first-order chi connectivity index (χ1) is 10.3. The maximum atomic E-state index is 6.01. The van der Waals surface area contributed by atoms with E-state index in [-0.39, 0.29) is 0 Å². The normalized spacial score (nSPS) is 14.4. The number of rotatable bonds is 4. The Bertz CT molecular complexity index is 630. The SMILES string of the molecule is COc1cccc2c1OCN(CCc1cccc(Cl)c1)C2. The molecule has 3 rings (SSSR count). The lowest BCUT2D eigenvalue weighted by atomic mass is 10.1. The van der Waals surface area contributed by atoms with Gasteiger partial charge in [0.15, 0.2) is 11.5 Å². The Morgan fingerprint density at radius 2 is 2.10 bits per heavy atom. The molecule has 21 heavy (non-hydrogen) atoms. The molecular formula is C17H18ClNO2. The summed E-state index contributed by atoms with van der Waals surface area (Å²) in [6, 6.07) is 14.0. The van der Waals surface area contributed by atoms with Crippen molar-refractivity contribution in [1.82, 2.24) is 4.90 Å². The minimum atomic E-state index is 0.591. The Labute approximate surface area is 130 Å². The van der Waals surface area contributed by atoms with Crippen molar-refractivity contribution in [2.24, 2.45) is 0 Å². The summed E-state index contributed by atoms with van der Waals surface area (Å²) in [5.74, 6) is 1.68. The van der Waals surface area contributed by atoms with Crippen molar-refractivity contribution in [1.29, 1.82) is 0 Å². The molecule has 0 amide bonds. The van der Waals surface area contributed by atoms with Crippen molar-refractivity contribution >= 4 is 11.6 Å². The highest BCUT2D eigenvalue weighted by molar-refractivity contribution is 6.30. The van der Waals surface area contributed by atoms with E-state index in [0.29, 0.717) is 6.73 Å². The van der Waals surface area contributed by atoms with Crippen molar-refractivity contribution < 1.29 is 9.47 Å². The molecule has 1 aliphatic heterocycles. The second kappa shape index (κ2) is 6.37. The van der Waals surface area contributed by atoms with Gasteiger partial charge in [0.1, 0.15) is 6.73 Å². The predicted molar refractivity (Wildman–Crippen MR) is 84.1 cm³/mol. The van der Waals surface area contributed by atoms with Crippen LogP contribution in [0.2, 0.25) is 5.02 Å². The summed E-state index contributed by atoms with van der Waals surface area (Å²) in [6.07, 6.45) is 0.962. The van der Waals surface area contributed by atoms with E-state index in [9.17, 15) is 0 Å². The Morgan fingerprint density at radius 3 is 2.90 bits per heavy atom. The maximum absolute atomic E-state index is 6.01. The highest BCUT2D eigenvalue weighted by atomic mass is 35.5. The summed E-state index contributed by atoms with van der Waals surface area (Å²) in [6.45, 7) is 2.41. The number of hydrogen-bond acceptors (Lipinski definition) is 3. The predicted octanol–water partition coefficient (Wildman–Crippen LogP) is 3.74. The van der Waals surface area contributed by atoms with Crippen LogP contribution in [0.3, 0.4) is 0 Å². The summed E-state index contributed by atoms with van der Waals surface area (Å²) in [4.78, 5) is 2.28. The van der Waals surface area contributed by atoms with E-state index in [1.54, 1.807) is 7.11 Å². The third kappa shape index (κ3) is 3.31. The number of halogens is 1. The molecule has 0 atom stereocenters. The van der Waals surface area contributed by atoms with Gasteiger partial charge in [0.25, 0.3) is 0 Å². The van der Waals surface area contributed by atoms with Gasteiger partial charge in [-0.1, -0.05) is 35.9 Å². The van der Waals surface area contributed by atoms with E-state index < -0.39 is 0 Å².